The van der Waals surface area contributed by atoms with Gasteiger partial charge in [-0.15, -0.1) is 0 Å². The van der Waals surface area contributed by atoms with E-state index >= 15 is 0 Å². The maximum Gasteiger partial charge on any atom is 0.305 e. The third-order valence-electron chi connectivity index (χ3n) is 8.88. The number of ether oxygens (including phenoxy) is 2. The summed E-state index contributed by atoms with van der Waals surface area (Å²) in [6.45, 7) is 4.48. The number of carbonyl (C=O) groups is 2. The highest BCUT2D eigenvalue weighted by Gasteiger charge is 2.52. The van der Waals surface area contributed by atoms with Crippen LogP contribution < -0.4 is 9.46 Å². The van der Waals surface area contributed by atoms with Crippen LogP contribution in [0.2, 0.25) is 10.0 Å². The Labute approximate surface area is 286 Å². The second-order valence-electron chi connectivity index (χ2n) is 12.9. The summed E-state index contributed by atoms with van der Waals surface area (Å²) < 4.78 is 39.3. The fraction of sp³-hybridized carbons (Fsp3) is 0.429. The highest BCUT2D eigenvalue weighted by Crippen LogP contribution is 2.52. The molecule has 0 unspecified atom stereocenters. The van der Waals surface area contributed by atoms with E-state index in [0.29, 0.717) is 35.1 Å². The van der Waals surface area contributed by atoms with Crippen molar-refractivity contribution in [3.63, 3.8) is 0 Å². The molecule has 0 radical (unpaired) electrons. The van der Waals surface area contributed by atoms with Crippen LogP contribution in [0.4, 0.5) is 0 Å². The average Bonchev–Trinajstić information content (AvgIpc) is 2.98. The van der Waals surface area contributed by atoms with Crippen LogP contribution in [-0.4, -0.2) is 61.4 Å². The molecule has 3 aromatic carbocycles. The lowest BCUT2D eigenvalue weighted by molar-refractivity contribution is -0.184. The Morgan fingerprint density at radius 2 is 1.68 bits per heavy atom. The van der Waals surface area contributed by atoms with Crippen LogP contribution in [0.3, 0.4) is 0 Å². The molecule has 1 fully saturated rings. The summed E-state index contributed by atoms with van der Waals surface area (Å²) in [6, 6.07) is 20.5. The number of halogens is 2. The summed E-state index contributed by atoms with van der Waals surface area (Å²) in [7, 11) is -3.32. The first-order valence-electron chi connectivity index (χ1n) is 15.6. The number of nitrogens with one attached hydrogen (secondary N) is 1. The van der Waals surface area contributed by atoms with Crippen molar-refractivity contribution in [2.75, 3.05) is 19.3 Å². The number of fused-ring (bicyclic) bond motifs is 3. The summed E-state index contributed by atoms with van der Waals surface area (Å²) >= 11 is 12.6. The first-order chi connectivity index (χ1) is 22.2. The van der Waals surface area contributed by atoms with Gasteiger partial charge in [-0.3, -0.25) is 9.59 Å². The molecule has 0 aromatic heterocycles. The summed E-state index contributed by atoms with van der Waals surface area (Å²) in [6.07, 6.45) is 1.32. The van der Waals surface area contributed by atoms with Gasteiger partial charge in [-0.25, -0.2) is 13.1 Å². The zero-order valence-electron chi connectivity index (χ0n) is 26.6. The Balaban J connectivity index is 1.49. The van der Waals surface area contributed by atoms with Crippen LogP contribution in [-0.2, 0) is 43.7 Å². The van der Waals surface area contributed by atoms with Gasteiger partial charge in [0.25, 0.3) is 0 Å². The zero-order valence-corrected chi connectivity index (χ0v) is 28.9. The lowest BCUT2D eigenvalue weighted by Gasteiger charge is -2.51. The number of sulfonamides is 1. The molecule has 2 aliphatic heterocycles. The molecular formula is C35H40Cl2N2O7S. The Morgan fingerprint density at radius 1 is 1.00 bits per heavy atom. The van der Waals surface area contributed by atoms with Crippen molar-refractivity contribution in [2.24, 2.45) is 11.8 Å². The topological polar surface area (TPSA) is 122 Å². The van der Waals surface area contributed by atoms with Gasteiger partial charge in [0, 0.05) is 41.2 Å². The Kier molecular flexibility index (Phi) is 10.9. The number of amides is 1. The van der Waals surface area contributed by atoms with Gasteiger partial charge in [-0.05, 0) is 86.2 Å². The normalized spacial score (nSPS) is 21.6. The summed E-state index contributed by atoms with van der Waals surface area (Å²) in [5.41, 5.74) is 2.81. The first-order valence-corrected chi connectivity index (χ1v) is 18.2. The molecule has 12 heteroatoms. The highest BCUT2D eigenvalue weighted by atomic mass is 35.5. The molecule has 1 saturated heterocycles. The number of nitrogens with zero attached hydrogens (tertiary/aromatic N) is 1. The van der Waals surface area contributed by atoms with Gasteiger partial charge < -0.3 is 19.5 Å². The Morgan fingerprint density at radius 3 is 2.34 bits per heavy atom. The molecule has 0 bridgehead atoms. The number of carboxylic acid groups (broad SMARTS) is 1. The SMILES string of the molecule is CC1(C)Oc2ccc(CCNS(C)(=O)=O)cc2[C@@H]2O[C@H](Cc3cccc(Cl)c3)[C@@H](C(=O)N(CCC(=O)O)Cc3cccc(Cl)c3)C[C@H]21. The van der Waals surface area contributed by atoms with Gasteiger partial charge in [0.2, 0.25) is 15.9 Å². The zero-order chi connectivity index (χ0) is 33.9. The molecule has 0 aliphatic carbocycles. The molecule has 252 valence electrons. The quantitative estimate of drug-likeness (QED) is 0.235. The number of benzene rings is 3. The molecule has 9 nitrogen and oxygen atoms in total. The smallest absolute Gasteiger partial charge is 0.305 e. The van der Waals surface area contributed by atoms with E-state index in [1.54, 1.807) is 29.2 Å². The van der Waals surface area contributed by atoms with E-state index in [1.807, 2.05) is 56.3 Å². The minimum atomic E-state index is -3.32. The Hall–Kier alpha value is -3.15. The van der Waals surface area contributed by atoms with Gasteiger partial charge in [0.05, 0.1) is 30.8 Å². The summed E-state index contributed by atoms with van der Waals surface area (Å²) in [5, 5.41) is 10.6. The molecule has 2 N–H and O–H groups in total. The molecule has 1 amide bonds. The minimum Gasteiger partial charge on any atom is -0.487 e. The number of hydrogen-bond donors (Lipinski definition) is 2. The van der Waals surface area contributed by atoms with E-state index in [1.165, 1.54) is 0 Å². The van der Waals surface area contributed by atoms with Gasteiger partial charge >= 0.3 is 5.97 Å². The highest BCUT2D eigenvalue weighted by molar-refractivity contribution is 7.88. The lowest BCUT2D eigenvalue weighted by Crippen LogP contribution is -2.54. The van der Waals surface area contributed by atoms with Crippen LogP contribution in [0.25, 0.3) is 0 Å². The number of carboxylic acids is 1. The van der Waals surface area contributed by atoms with Crippen LogP contribution >= 0.6 is 23.2 Å². The standard InChI is InChI=1S/C35H40Cl2N2O7S/c1-35(2)29-20-28(34(42)39(15-13-32(40)41)21-24-7-5-9-26(37)17-24)31(19-23-6-4-8-25(36)16-23)45-33(29)27-18-22(10-11-30(27)46-35)12-14-38-47(3,43)44/h4-11,16-18,28-29,31,33,38H,12-15,19-21H2,1-3H3,(H,40,41)/t28-,29+,31+,33-/m0/s1. The van der Waals surface area contributed by atoms with Crippen LogP contribution in [0, 0.1) is 11.8 Å². The van der Waals surface area contributed by atoms with Crippen LogP contribution in [0.5, 0.6) is 5.75 Å². The lowest BCUT2D eigenvalue weighted by atomic mass is 9.70. The molecular weight excluding hydrogens is 663 g/mol. The number of hydrogen-bond acceptors (Lipinski definition) is 6. The van der Waals surface area contributed by atoms with Crippen molar-refractivity contribution < 1.29 is 32.6 Å². The molecule has 2 heterocycles. The van der Waals surface area contributed by atoms with E-state index in [2.05, 4.69) is 4.72 Å². The summed E-state index contributed by atoms with van der Waals surface area (Å²) in [4.78, 5) is 27.8. The number of carbonyl (C=O) groups excluding carboxylic acids is 1. The maximum absolute atomic E-state index is 14.5. The average molecular weight is 704 g/mol. The van der Waals surface area contributed by atoms with Gasteiger partial charge in [-0.1, -0.05) is 53.5 Å². The molecule has 3 aromatic rings. The van der Waals surface area contributed by atoms with Crippen molar-refractivity contribution in [3.05, 3.63) is 99.0 Å². The third-order valence-corrected chi connectivity index (χ3v) is 10.1. The maximum atomic E-state index is 14.5. The van der Waals surface area contributed by atoms with E-state index in [9.17, 15) is 23.1 Å². The van der Waals surface area contributed by atoms with Crippen LogP contribution in [0.15, 0.2) is 66.7 Å². The largest absolute Gasteiger partial charge is 0.487 e. The monoisotopic (exact) mass is 702 g/mol. The number of aliphatic carboxylic acids is 1. The van der Waals surface area contributed by atoms with Crippen molar-refractivity contribution in [3.8, 4) is 5.75 Å². The second kappa shape index (κ2) is 14.5. The predicted octanol–water partition coefficient (Wildman–Crippen LogP) is 6.06. The number of rotatable bonds is 12. The van der Waals surface area contributed by atoms with Gasteiger partial charge in [0.1, 0.15) is 11.4 Å². The Bertz CT molecular complexity index is 1730. The molecule has 47 heavy (non-hydrogen) atoms. The molecule has 5 rings (SSSR count). The van der Waals surface area contributed by atoms with Crippen LogP contribution in [0.1, 0.15) is 55.0 Å². The summed E-state index contributed by atoms with van der Waals surface area (Å²) in [5.74, 6) is -1.32. The second-order valence-corrected chi connectivity index (χ2v) is 15.6. The first kappa shape index (κ1) is 35.2. The van der Waals surface area contributed by atoms with Crippen molar-refractivity contribution >= 4 is 45.1 Å². The van der Waals surface area contributed by atoms with Gasteiger partial charge in [0.15, 0.2) is 0 Å². The fourth-order valence-corrected chi connectivity index (χ4v) is 7.51. The van der Waals surface area contributed by atoms with E-state index in [0.717, 1.165) is 28.5 Å². The molecule has 0 saturated carbocycles. The van der Waals surface area contributed by atoms with E-state index in [-0.39, 0.29) is 37.9 Å². The van der Waals surface area contributed by atoms with E-state index < -0.39 is 39.7 Å². The minimum absolute atomic E-state index is 0.0305. The predicted molar refractivity (Wildman–Crippen MR) is 181 cm³/mol. The van der Waals surface area contributed by atoms with Crippen molar-refractivity contribution in [2.45, 2.75) is 63.9 Å². The third kappa shape index (κ3) is 9.06. The van der Waals surface area contributed by atoms with Gasteiger partial charge in [-0.2, -0.15) is 0 Å². The molecule has 4 atom stereocenters. The van der Waals surface area contributed by atoms with Crippen molar-refractivity contribution in [1.29, 1.82) is 0 Å². The fourth-order valence-electron chi connectivity index (χ4n) is 6.61. The molecule has 2 aliphatic rings. The van der Waals surface area contributed by atoms with E-state index in [4.69, 9.17) is 32.7 Å². The van der Waals surface area contributed by atoms with Crippen molar-refractivity contribution in [1.82, 2.24) is 9.62 Å². The molecule has 0 spiro atoms.